The fourth-order valence-corrected chi connectivity index (χ4v) is 3.60. The molecule has 4 fully saturated rings. The molecule has 4 aliphatic carbocycles. The van der Waals surface area contributed by atoms with Crippen LogP contribution >= 0.6 is 0 Å². The third-order valence-electron chi connectivity index (χ3n) is 4.09. The molecule has 0 aromatic heterocycles. The first-order valence-corrected chi connectivity index (χ1v) is 4.97. The van der Waals surface area contributed by atoms with E-state index in [0.717, 1.165) is 25.2 Å². The molecule has 0 aromatic rings. The van der Waals surface area contributed by atoms with E-state index in [0.29, 0.717) is 17.6 Å². The van der Waals surface area contributed by atoms with Gasteiger partial charge in [0.15, 0.2) is 0 Å². The van der Waals surface area contributed by atoms with Crippen molar-refractivity contribution in [1.82, 2.24) is 0 Å². The Morgan fingerprint density at radius 1 is 1.17 bits per heavy atom. The molecule has 4 saturated carbocycles. The number of aliphatic hydroxyl groups is 1. The predicted octanol–water partition coefficient (Wildman–Crippen LogP) is 0.982. The van der Waals surface area contributed by atoms with Gasteiger partial charge in [0.1, 0.15) is 5.78 Å². The number of hydrogen-bond donors (Lipinski definition) is 1. The topological polar surface area (TPSA) is 37.3 Å². The molecule has 0 aliphatic heterocycles. The minimum absolute atomic E-state index is 0.0289. The molecule has 0 radical (unpaired) electrons. The summed E-state index contributed by atoms with van der Waals surface area (Å²) < 4.78 is 0. The molecule has 5 atom stereocenters. The van der Waals surface area contributed by atoms with Crippen molar-refractivity contribution in [3.63, 3.8) is 0 Å². The monoisotopic (exact) mass is 166 g/mol. The normalized spacial score (nSPS) is 56.4. The fourth-order valence-electron chi connectivity index (χ4n) is 3.60. The third-order valence-corrected chi connectivity index (χ3v) is 4.09. The van der Waals surface area contributed by atoms with Crippen LogP contribution in [0.5, 0.6) is 0 Å². The summed E-state index contributed by atoms with van der Waals surface area (Å²) in [4.78, 5) is 11.6. The highest BCUT2D eigenvalue weighted by Crippen LogP contribution is 2.51. The van der Waals surface area contributed by atoms with Gasteiger partial charge in [0.25, 0.3) is 0 Å². The van der Waals surface area contributed by atoms with Gasteiger partial charge in [-0.25, -0.2) is 0 Å². The van der Waals surface area contributed by atoms with Crippen LogP contribution in [-0.4, -0.2) is 17.0 Å². The van der Waals surface area contributed by atoms with Crippen molar-refractivity contribution in [2.24, 2.45) is 23.7 Å². The summed E-state index contributed by atoms with van der Waals surface area (Å²) in [5, 5.41) is 9.78. The van der Waals surface area contributed by atoms with E-state index in [2.05, 4.69) is 0 Å². The van der Waals surface area contributed by atoms with Crippen molar-refractivity contribution in [1.29, 1.82) is 0 Å². The van der Waals surface area contributed by atoms with Gasteiger partial charge in [0, 0.05) is 11.8 Å². The molecule has 4 bridgehead atoms. The van der Waals surface area contributed by atoms with Crippen LogP contribution in [0, 0.1) is 23.7 Å². The maximum Gasteiger partial charge on any atom is 0.141 e. The Labute approximate surface area is 72.0 Å². The molecule has 2 nitrogen and oxygen atoms in total. The van der Waals surface area contributed by atoms with E-state index in [1.807, 2.05) is 0 Å². The average molecular weight is 166 g/mol. The van der Waals surface area contributed by atoms with Crippen molar-refractivity contribution in [2.45, 2.75) is 31.8 Å². The van der Waals surface area contributed by atoms with Crippen LogP contribution in [0.2, 0.25) is 0 Å². The van der Waals surface area contributed by atoms with E-state index in [9.17, 15) is 9.90 Å². The molecule has 4 rings (SSSR count). The second-order valence-electron chi connectivity index (χ2n) is 4.77. The Balaban J connectivity index is 1.98. The lowest BCUT2D eigenvalue weighted by Crippen LogP contribution is -2.53. The summed E-state index contributed by atoms with van der Waals surface area (Å²) in [6, 6.07) is 0. The zero-order valence-corrected chi connectivity index (χ0v) is 7.07. The summed E-state index contributed by atoms with van der Waals surface area (Å²) in [5.74, 6) is 1.96. The largest absolute Gasteiger partial charge is 0.392 e. The minimum Gasteiger partial charge on any atom is -0.392 e. The zero-order valence-electron chi connectivity index (χ0n) is 7.07. The van der Waals surface area contributed by atoms with Crippen molar-refractivity contribution in [3.8, 4) is 0 Å². The number of rotatable bonds is 0. The van der Waals surface area contributed by atoms with Crippen LogP contribution in [-0.2, 0) is 4.79 Å². The highest BCUT2D eigenvalue weighted by molar-refractivity contribution is 5.86. The molecular formula is C10H14O2. The number of Topliss-reactive ketones (excluding diaryl/α,β-unsaturated/α-hetero) is 1. The Kier molecular flexibility index (Phi) is 1.24. The number of ketones is 1. The maximum atomic E-state index is 11.6. The first-order chi connectivity index (χ1) is 5.75. The first-order valence-electron chi connectivity index (χ1n) is 4.97. The van der Waals surface area contributed by atoms with E-state index in [-0.39, 0.29) is 12.0 Å². The van der Waals surface area contributed by atoms with Crippen molar-refractivity contribution in [3.05, 3.63) is 0 Å². The Bertz CT molecular complexity index is 236. The van der Waals surface area contributed by atoms with Crippen molar-refractivity contribution >= 4 is 5.78 Å². The number of carbonyl (C=O) groups excluding carboxylic acids is 1. The molecular weight excluding hydrogens is 152 g/mol. The van der Waals surface area contributed by atoms with Gasteiger partial charge in [-0.15, -0.1) is 0 Å². The predicted molar refractivity (Wildman–Crippen MR) is 43.4 cm³/mol. The molecule has 1 N–H and O–H groups in total. The maximum absolute atomic E-state index is 11.6. The van der Waals surface area contributed by atoms with Gasteiger partial charge in [0.2, 0.25) is 0 Å². The van der Waals surface area contributed by atoms with Crippen LogP contribution in [0.4, 0.5) is 0 Å². The Morgan fingerprint density at radius 3 is 2.83 bits per heavy atom. The van der Waals surface area contributed by atoms with E-state index in [1.54, 1.807) is 0 Å². The van der Waals surface area contributed by atoms with Crippen molar-refractivity contribution in [2.75, 3.05) is 0 Å². The number of aliphatic hydroxyl groups excluding tert-OH is 1. The summed E-state index contributed by atoms with van der Waals surface area (Å²) in [6.45, 7) is 0. The van der Waals surface area contributed by atoms with Gasteiger partial charge in [-0.1, -0.05) is 0 Å². The lowest BCUT2D eigenvalue weighted by atomic mass is 9.54. The van der Waals surface area contributed by atoms with Gasteiger partial charge in [0.05, 0.1) is 6.10 Å². The summed E-state index contributed by atoms with van der Waals surface area (Å²) in [6.07, 6.45) is 3.98. The molecule has 0 amide bonds. The van der Waals surface area contributed by atoms with Crippen LogP contribution in [0.25, 0.3) is 0 Å². The standard InChI is InChI=1S/C10H14O2/c11-9-6-1-5-2-7(4-6)10(12)8(9)3-5/h5-9,11H,1-4H2/t5-,6-,7+,8-,9+/m0/s1. The Hall–Kier alpha value is -0.370. The lowest BCUT2D eigenvalue weighted by molar-refractivity contribution is -0.154. The van der Waals surface area contributed by atoms with Gasteiger partial charge in [-0.05, 0) is 37.5 Å². The molecule has 0 spiro atoms. The first kappa shape index (κ1) is 7.07. The zero-order chi connectivity index (χ0) is 8.29. The Morgan fingerprint density at radius 2 is 2.00 bits per heavy atom. The van der Waals surface area contributed by atoms with E-state index >= 15 is 0 Å². The second kappa shape index (κ2) is 2.11. The third kappa shape index (κ3) is 0.717. The van der Waals surface area contributed by atoms with Crippen molar-refractivity contribution < 1.29 is 9.90 Å². The second-order valence-corrected chi connectivity index (χ2v) is 4.77. The number of carbonyl (C=O) groups is 1. The molecule has 2 heteroatoms. The SMILES string of the molecule is O=C1[C@@H]2C[C@@H]3C[C@@H](C2)[C@@H](O)[C@@H]1C3. The van der Waals surface area contributed by atoms with E-state index in [4.69, 9.17) is 0 Å². The smallest absolute Gasteiger partial charge is 0.141 e. The molecule has 0 aromatic carbocycles. The molecule has 4 aliphatic rings. The highest BCUT2D eigenvalue weighted by Gasteiger charge is 2.52. The molecule has 0 heterocycles. The average Bonchev–Trinajstić information content (AvgIpc) is 2.07. The highest BCUT2D eigenvalue weighted by atomic mass is 16.3. The van der Waals surface area contributed by atoms with Crippen LogP contribution in [0.1, 0.15) is 25.7 Å². The summed E-state index contributed by atoms with van der Waals surface area (Å²) >= 11 is 0. The lowest BCUT2D eigenvalue weighted by Gasteiger charge is -2.51. The van der Waals surface area contributed by atoms with Crippen LogP contribution < -0.4 is 0 Å². The van der Waals surface area contributed by atoms with Gasteiger partial charge < -0.3 is 5.11 Å². The molecule has 0 saturated heterocycles. The minimum atomic E-state index is -0.287. The van der Waals surface area contributed by atoms with Gasteiger partial charge >= 0.3 is 0 Å². The quantitative estimate of drug-likeness (QED) is 0.582. The van der Waals surface area contributed by atoms with Gasteiger partial charge in [-0.2, -0.15) is 0 Å². The molecule has 66 valence electrons. The number of hydrogen-bond acceptors (Lipinski definition) is 2. The van der Waals surface area contributed by atoms with Crippen LogP contribution in [0.15, 0.2) is 0 Å². The van der Waals surface area contributed by atoms with Gasteiger partial charge in [-0.3, -0.25) is 4.79 Å². The van der Waals surface area contributed by atoms with Crippen LogP contribution in [0.3, 0.4) is 0 Å². The molecule has 0 unspecified atom stereocenters. The van der Waals surface area contributed by atoms with E-state index in [1.165, 1.54) is 6.42 Å². The summed E-state index contributed by atoms with van der Waals surface area (Å²) in [7, 11) is 0. The molecule has 12 heavy (non-hydrogen) atoms. The fraction of sp³-hybridized carbons (Fsp3) is 0.900. The van der Waals surface area contributed by atoms with E-state index < -0.39 is 0 Å². The summed E-state index contributed by atoms with van der Waals surface area (Å²) in [5.41, 5.74) is 0.